The summed E-state index contributed by atoms with van der Waals surface area (Å²) >= 11 is 0. The fourth-order valence-electron chi connectivity index (χ4n) is 3.46. The lowest BCUT2D eigenvalue weighted by Crippen LogP contribution is -2.41. The molecule has 1 saturated carbocycles. The summed E-state index contributed by atoms with van der Waals surface area (Å²) in [5, 5.41) is 26.1. The lowest BCUT2D eigenvalue weighted by molar-refractivity contribution is 0.00926. The summed E-state index contributed by atoms with van der Waals surface area (Å²) in [7, 11) is 0. The van der Waals surface area contributed by atoms with Gasteiger partial charge >= 0.3 is 0 Å². The van der Waals surface area contributed by atoms with Crippen LogP contribution in [0.15, 0.2) is 30.7 Å². The Bertz CT molecular complexity index is 802. The molecule has 142 valence electrons. The average Bonchev–Trinajstić information content (AvgIpc) is 2.66. The molecule has 1 aliphatic carbocycles. The van der Waals surface area contributed by atoms with E-state index in [0.29, 0.717) is 23.9 Å². The molecule has 0 aromatic carbocycles. The normalized spacial score (nSPS) is 21.3. The van der Waals surface area contributed by atoms with Gasteiger partial charge in [0.2, 0.25) is 5.95 Å². The monoisotopic (exact) mass is 366 g/mol. The van der Waals surface area contributed by atoms with Crippen molar-refractivity contribution < 1.29 is 5.11 Å². The first-order valence-corrected chi connectivity index (χ1v) is 9.32. The Balaban J connectivity index is 1.64. The van der Waals surface area contributed by atoms with Crippen LogP contribution in [0.5, 0.6) is 0 Å². The molecule has 7 nitrogen and oxygen atoms in total. The summed E-state index contributed by atoms with van der Waals surface area (Å²) in [6.07, 6.45) is 8.09. The van der Waals surface area contributed by atoms with Crippen LogP contribution in [0.3, 0.4) is 0 Å². The summed E-state index contributed by atoms with van der Waals surface area (Å²) in [5.74, 6) is 1.05. The quantitative estimate of drug-likeness (QED) is 0.721. The van der Waals surface area contributed by atoms with Gasteiger partial charge in [-0.15, -0.1) is 0 Å². The predicted octanol–water partition coefficient (Wildman–Crippen LogP) is 2.75. The number of aromatic nitrogens is 3. The van der Waals surface area contributed by atoms with E-state index in [9.17, 15) is 10.4 Å². The first kappa shape index (κ1) is 19.1. The zero-order chi connectivity index (χ0) is 19.3. The highest BCUT2D eigenvalue weighted by Gasteiger charge is 2.35. The van der Waals surface area contributed by atoms with Crippen LogP contribution in [0, 0.1) is 16.7 Å². The fourth-order valence-corrected chi connectivity index (χ4v) is 3.46. The molecule has 0 bridgehead atoms. The van der Waals surface area contributed by atoms with Crippen LogP contribution >= 0.6 is 0 Å². The number of nitrogens with one attached hydrogen (secondary N) is 2. The maximum absolute atomic E-state index is 10.1. The van der Waals surface area contributed by atoms with E-state index in [-0.39, 0.29) is 17.6 Å². The topological polar surface area (TPSA) is 107 Å². The maximum atomic E-state index is 10.1. The van der Waals surface area contributed by atoms with Crippen LogP contribution < -0.4 is 10.6 Å². The second-order valence-electron chi connectivity index (χ2n) is 7.73. The van der Waals surface area contributed by atoms with Crippen molar-refractivity contribution in [2.45, 2.75) is 51.7 Å². The van der Waals surface area contributed by atoms with E-state index in [1.807, 2.05) is 18.3 Å². The van der Waals surface area contributed by atoms with Crippen molar-refractivity contribution in [3.05, 3.63) is 41.9 Å². The Hall–Kier alpha value is -2.72. The fraction of sp³-hybridized carbons (Fsp3) is 0.500. The van der Waals surface area contributed by atoms with Gasteiger partial charge in [0.05, 0.1) is 12.3 Å². The number of nitrogens with zero attached hydrogens (tertiary/aromatic N) is 4. The van der Waals surface area contributed by atoms with E-state index in [1.165, 1.54) is 0 Å². The molecule has 0 unspecified atom stereocenters. The molecule has 1 aliphatic rings. The summed E-state index contributed by atoms with van der Waals surface area (Å²) in [5.41, 5.74) is 1.41. The summed E-state index contributed by atoms with van der Waals surface area (Å²) in [4.78, 5) is 12.8. The van der Waals surface area contributed by atoms with Crippen molar-refractivity contribution in [3.63, 3.8) is 0 Å². The highest BCUT2D eigenvalue weighted by atomic mass is 16.3. The second-order valence-corrected chi connectivity index (χ2v) is 7.73. The SMILES string of the molecule is CC1(C)C[C@H](Nc2nc(NCCc3cccnc3)ncc2C#N)CC[C@@H]1O. The molecule has 0 aliphatic heterocycles. The van der Waals surface area contributed by atoms with Crippen LogP contribution in [0.2, 0.25) is 0 Å². The first-order valence-electron chi connectivity index (χ1n) is 9.32. The third kappa shape index (κ3) is 4.92. The molecule has 3 N–H and O–H groups in total. The summed E-state index contributed by atoms with van der Waals surface area (Å²) < 4.78 is 0. The minimum Gasteiger partial charge on any atom is -0.393 e. The van der Waals surface area contributed by atoms with Gasteiger partial charge in [-0.3, -0.25) is 4.98 Å². The van der Waals surface area contributed by atoms with Gasteiger partial charge in [-0.25, -0.2) is 4.98 Å². The number of hydrogen-bond donors (Lipinski definition) is 3. The van der Waals surface area contributed by atoms with E-state index in [4.69, 9.17) is 0 Å². The molecule has 3 rings (SSSR count). The van der Waals surface area contributed by atoms with Gasteiger partial charge in [-0.2, -0.15) is 10.2 Å². The number of aliphatic hydroxyl groups is 1. The van der Waals surface area contributed by atoms with E-state index in [2.05, 4.69) is 45.5 Å². The van der Waals surface area contributed by atoms with Gasteiger partial charge in [0.15, 0.2) is 0 Å². The van der Waals surface area contributed by atoms with Gasteiger partial charge < -0.3 is 15.7 Å². The van der Waals surface area contributed by atoms with Gasteiger partial charge in [-0.05, 0) is 42.7 Å². The number of rotatable bonds is 6. The molecule has 2 aromatic heterocycles. The maximum Gasteiger partial charge on any atom is 0.224 e. The van der Waals surface area contributed by atoms with Crippen molar-refractivity contribution in [1.82, 2.24) is 15.0 Å². The van der Waals surface area contributed by atoms with E-state index in [0.717, 1.165) is 31.2 Å². The third-order valence-electron chi connectivity index (χ3n) is 5.13. The molecular formula is C20H26N6O. The zero-order valence-electron chi connectivity index (χ0n) is 15.8. The Morgan fingerprint density at radius 2 is 2.19 bits per heavy atom. The smallest absolute Gasteiger partial charge is 0.224 e. The minimum atomic E-state index is -0.291. The molecule has 0 radical (unpaired) electrons. The Morgan fingerprint density at radius 1 is 1.33 bits per heavy atom. The van der Waals surface area contributed by atoms with Crippen LogP contribution in [0.1, 0.15) is 44.2 Å². The van der Waals surface area contributed by atoms with Gasteiger partial charge in [0.1, 0.15) is 17.5 Å². The lowest BCUT2D eigenvalue weighted by atomic mass is 9.73. The van der Waals surface area contributed by atoms with E-state index >= 15 is 0 Å². The molecule has 2 heterocycles. The van der Waals surface area contributed by atoms with Crippen molar-refractivity contribution >= 4 is 11.8 Å². The van der Waals surface area contributed by atoms with Gasteiger partial charge in [-0.1, -0.05) is 19.9 Å². The molecule has 2 atom stereocenters. The Morgan fingerprint density at radius 3 is 2.89 bits per heavy atom. The Labute approximate surface area is 159 Å². The van der Waals surface area contributed by atoms with E-state index in [1.54, 1.807) is 12.4 Å². The standard InChI is InChI=1S/C20H26N6O/c1-20(2)10-16(5-6-17(20)27)25-18-15(11-21)13-24-19(26-18)23-9-7-14-4-3-8-22-12-14/h3-4,8,12-13,16-17,27H,5-7,9-10H2,1-2H3,(H2,23,24,25,26)/t16-,17+/m1/s1. The Kier molecular flexibility index (Phi) is 5.87. The number of anilines is 2. The van der Waals surface area contributed by atoms with Crippen molar-refractivity contribution in [1.29, 1.82) is 5.26 Å². The largest absolute Gasteiger partial charge is 0.393 e. The molecule has 2 aromatic rings. The van der Waals surface area contributed by atoms with E-state index < -0.39 is 0 Å². The zero-order valence-corrected chi connectivity index (χ0v) is 15.8. The molecule has 0 amide bonds. The predicted molar refractivity (Wildman–Crippen MR) is 104 cm³/mol. The average molecular weight is 366 g/mol. The van der Waals surface area contributed by atoms with Crippen LogP contribution in [-0.2, 0) is 6.42 Å². The van der Waals surface area contributed by atoms with Gasteiger partial charge in [0.25, 0.3) is 0 Å². The molecule has 27 heavy (non-hydrogen) atoms. The highest BCUT2D eigenvalue weighted by molar-refractivity contribution is 5.54. The van der Waals surface area contributed by atoms with Crippen molar-refractivity contribution in [3.8, 4) is 6.07 Å². The summed E-state index contributed by atoms with van der Waals surface area (Å²) in [6, 6.07) is 6.27. The highest BCUT2D eigenvalue weighted by Crippen LogP contribution is 2.36. The minimum absolute atomic E-state index is 0.152. The molecule has 1 fully saturated rings. The summed E-state index contributed by atoms with van der Waals surface area (Å²) in [6.45, 7) is 4.82. The van der Waals surface area contributed by atoms with Crippen LogP contribution in [-0.4, -0.2) is 38.7 Å². The first-order chi connectivity index (χ1) is 13.0. The van der Waals surface area contributed by atoms with Crippen molar-refractivity contribution in [2.24, 2.45) is 5.41 Å². The molecule has 0 saturated heterocycles. The molecule has 0 spiro atoms. The molecule has 7 heteroatoms. The molecular weight excluding hydrogens is 340 g/mol. The lowest BCUT2D eigenvalue weighted by Gasteiger charge is -2.40. The van der Waals surface area contributed by atoms with Crippen LogP contribution in [0.4, 0.5) is 11.8 Å². The second kappa shape index (κ2) is 8.31. The van der Waals surface area contributed by atoms with Crippen LogP contribution in [0.25, 0.3) is 0 Å². The van der Waals surface area contributed by atoms with Gasteiger partial charge in [0, 0.05) is 25.0 Å². The number of nitriles is 1. The number of aliphatic hydroxyl groups excluding tert-OH is 1. The van der Waals surface area contributed by atoms with Crippen molar-refractivity contribution in [2.75, 3.05) is 17.2 Å². The number of hydrogen-bond acceptors (Lipinski definition) is 7. The third-order valence-corrected chi connectivity index (χ3v) is 5.13. The number of pyridine rings is 1.